The Hall–Kier alpha value is -1.78. The maximum absolute atomic E-state index is 12.4. The Bertz CT molecular complexity index is 646. The molecule has 0 spiro atoms. The molecular weight excluding hydrogens is 625 g/mol. The third-order valence-electron chi connectivity index (χ3n) is 3.73. The van der Waals surface area contributed by atoms with Crippen LogP contribution in [-0.2, 0) is 28.8 Å². The van der Waals surface area contributed by atoms with E-state index in [2.05, 4.69) is 21.3 Å². The molecule has 0 aliphatic carbocycles. The topological polar surface area (TPSA) is 181 Å². The van der Waals surface area contributed by atoms with Gasteiger partial charge in [0.15, 0.2) is 5.91 Å². The van der Waals surface area contributed by atoms with Crippen molar-refractivity contribution in [1.82, 2.24) is 31.1 Å². The van der Waals surface area contributed by atoms with Crippen LogP contribution in [0.1, 0.15) is 20.3 Å². The molecule has 0 heterocycles. The van der Waals surface area contributed by atoms with Gasteiger partial charge in [0, 0.05) is 64.1 Å². The molecule has 0 aliphatic rings. The van der Waals surface area contributed by atoms with Crippen molar-refractivity contribution < 1.29 is 72.8 Å². The Kier molecular flexibility index (Phi) is 18.1. The van der Waals surface area contributed by atoms with Crippen LogP contribution in [0.25, 0.3) is 5.73 Å². The Morgan fingerprint density at radius 1 is 0.742 bits per heavy atom. The fourth-order valence-electron chi connectivity index (χ4n) is 2.13. The molecule has 0 atom stereocenters. The number of nitrogens with zero attached hydrogens (tertiary/aromatic N) is 2. The Morgan fingerprint density at radius 3 is 1.81 bits per heavy atom. The number of likely N-dealkylation sites (N-methyl/N-ethyl adjacent to an activating group) is 2. The van der Waals surface area contributed by atoms with E-state index in [0.29, 0.717) is 6.54 Å². The van der Waals surface area contributed by atoms with Crippen molar-refractivity contribution in [2.24, 2.45) is 0 Å². The van der Waals surface area contributed by atoms with Crippen LogP contribution in [0.5, 0.6) is 0 Å². The number of amides is 6. The van der Waals surface area contributed by atoms with E-state index in [1.807, 2.05) is 0 Å². The summed E-state index contributed by atoms with van der Waals surface area (Å²) < 4.78 is 0. The van der Waals surface area contributed by atoms with Crippen LogP contribution < -0.4 is 21.3 Å². The predicted molar refractivity (Wildman–Crippen MR) is 107 cm³/mol. The summed E-state index contributed by atoms with van der Waals surface area (Å²) in [6.07, 6.45) is 0.0964. The smallest absolute Gasteiger partial charge is 0.243 e. The number of hydrogen-bond donors (Lipinski definition) is 4. The van der Waals surface area contributed by atoms with Gasteiger partial charge in [0.05, 0.1) is 13.2 Å². The normalized spacial score (nSPS) is 9.55. The quantitative estimate of drug-likeness (QED) is 0.155. The second-order valence-electron chi connectivity index (χ2n) is 6.03. The molecule has 1 radical (unpaired) electrons. The van der Waals surface area contributed by atoms with E-state index < -0.39 is 55.1 Å². The molecule has 13 nitrogen and oxygen atoms in total. The van der Waals surface area contributed by atoms with Crippen LogP contribution >= 0.6 is 0 Å². The van der Waals surface area contributed by atoms with Gasteiger partial charge in [0.1, 0.15) is 19.6 Å². The SMILES string of the molecule is CCNC(=O)CN(CNC(=O)C[NH-])C(=O)CNC(=O)CN(CC(=O)NC)C(=O)CC.[Ac]. The van der Waals surface area contributed by atoms with E-state index in [4.69, 9.17) is 5.73 Å². The molecule has 0 aliphatic heterocycles. The van der Waals surface area contributed by atoms with Gasteiger partial charge in [-0.05, 0) is 6.92 Å². The van der Waals surface area contributed by atoms with E-state index in [1.54, 1.807) is 13.8 Å². The van der Waals surface area contributed by atoms with Crippen molar-refractivity contribution in [3.63, 3.8) is 0 Å². The standard InChI is InChI=1S/C17H30N7O6.Ac/c1-4-16(29)23(8-13(26)19-3)9-15(28)21-7-17(30)24(10-14(27)20-5-2)11-22-12(25)6-18;/h18H,4-11H2,1-3H3,(H,19,26)(H,20,27)(H,21,28)(H,22,25);/q-1;. The van der Waals surface area contributed by atoms with E-state index in [9.17, 15) is 28.8 Å². The third kappa shape index (κ3) is 14.0. The number of carbonyl (C=O) groups excluding carboxylic acids is 6. The summed E-state index contributed by atoms with van der Waals surface area (Å²) in [6, 6.07) is 0. The van der Waals surface area contributed by atoms with Gasteiger partial charge < -0.3 is 36.8 Å². The van der Waals surface area contributed by atoms with Crippen molar-refractivity contribution >= 4 is 35.4 Å². The van der Waals surface area contributed by atoms with Crippen LogP contribution in [0, 0.1) is 44.1 Å². The van der Waals surface area contributed by atoms with Crippen molar-refractivity contribution in [2.75, 3.05) is 53.0 Å². The fourth-order valence-corrected chi connectivity index (χ4v) is 2.13. The number of rotatable bonds is 13. The van der Waals surface area contributed by atoms with Gasteiger partial charge in [-0.1, -0.05) is 13.5 Å². The molecule has 0 rings (SSSR count). The molecule has 0 bridgehead atoms. The van der Waals surface area contributed by atoms with Gasteiger partial charge in [-0.15, -0.1) is 0 Å². The third-order valence-corrected chi connectivity index (χ3v) is 3.73. The first-order valence-electron chi connectivity index (χ1n) is 9.39. The van der Waals surface area contributed by atoms with E-state index >= 15 is 0 Å². The first-order chi connectivity index (χ1) is 14.2. The van der Waals surface area contributed by atoms with E-state index in [1.165, 1.54) is 7.05 Å². The van der Waals surface area contributed by atoms with Gasteiger partial charge in [-0.2, -0.15) is 0 Å². The van der Waals surface area contributed by atoms with Crippen molar-refractivity contribution in [3.05, 3.63) is 5.73 Å². The summed E-state index contributed by atoms with van der Waals surface area (Å²) in [4.78, 5) is 73.0. The maximum Gasteiger partial charge on any atom is 0.243 e. The van der Waals surface area contributed by atoms with Crippen LogP contribution in [0.2, 0.25) is 0 Å². The van der Waals surface area contributed by atoms with Gasteiger partial charge in [-0.3, -0.25) is 28.8 Å². The van der Waals surface area contributed by atoms with E-state index in [-0.39, 0.29) is 70.2 Å². The molecule has 31 heavy (non-hydrogen) atoms. The van der Waals surface area contributed by atoms with Gasteiger partial charge >= 0.3 is 0 Å². The second-order valence-corrected chi connectivity index (χ2v) is 6.03. The molecule has 0 aromatic rings. The fraction of sp³-hybridized carbons (Fsp3) is 0.647. The van der Waals surface area contributed by atoms with Gasteiger partial charge in [-0.25, -0.2) is 0 Å². The predicted octanol–water partition coefficient (Wildman–Crippen LogP) is -2.82. The molecule has 0 aromatic carbocycles. The molecule has 0 saturated heterocycles. The first kappa shape index (κ1) is 31.4. The average molecular weight is 655 g/mol. The van der Waals surface area contributed by atoms with Crippen LogP contribution in [0.4, 0.5) is 0 Å². The minimum Gasteiger partial charge on any atom is -0.670 e. The minimum absolute atomic E-state index is 0. The Morgan fingerprint density at radius 2 is 1.29 bits per heavy atom. The minimum atomic E-state index is -0.665. The van der Waals surface area contributed by atoms with Crippen LogP contribution in [0.3, 0.4) is 0 Å². The summed E-state index contributed by atoms with van der Waals surface area (Å²) in [5.41, 5.74) is 6.97. The number of hydrogen-bond acceptors (Lipinski definition) is 6. The largest absolute Gasteiger partial charge is 0.670 e. The summed E-state index contributed by atoms with van der Waals surface area (Å²) in [5.74, 6) is -3.25. The zero-order valence-corrected chi connectivity index (χ0v) is 22.8. The van der Waals surface area contributed by atoms with Crippen LogP contribution in [-0.4, -0.2) is 98.2 Å². The van der Waals surface area contributed by atoms with Gasteiger partial charge in [0.25, 0.3) is 0 Å². The molecule has 0 fully saturated rings. The maximum atomic E-state index is 12.4. The van der Waals surface area contributed by atoms with Crippen molar-refractivity contribution in [3.8, 4) is 0 Å². The Balaban J connectivity index is 0. The number of nitrogens with one attached hydrogen (secondary N) is 5. The molecular formula is C17H30AcN7O6-. The zero-order chi connectivity index (χ0) is 23.1. The van der Waals surface area contributed by atoms with Gasteiger partial charge in [0.2, 0.25) is 29.5 Å². The molecule has 0 unspecified atom stereocenters. The molecule has 0 saturated carbocycles. The summed E-state index contributed by atoms with van der Waals surface area (Å²) in [5, 5.41) is 9.53. The summed E-state index contributed by atoms with van der Waals surface area (Å²) in [6.45, 7) is 1.25. The average Bonchev–Trinajstić information content (AvgIpc) is 2.73. The summed E-state index contributed by atoms with van der Waals surface area (Å²) >= 11 is 0. The molecule has 5 N–H and O–H groups in total. The monoisotopic (exact) mass is 655 g/mol. The zero-order valence-electron chi connectivity index (χ0n) is 18.1. The first-order valence-corrected chi connectivity index (χ1v) is 9.39. The molecule has 173 valence electrons. The second kappa shape index (κ2) is 17.9. The Labute approximate surface area is 217 Å². The number of carbonyl (C=O) groups is 6. The molecule has 0 aromatic heterocycles. The van der Waals surface area contributed by atoms with E-state index in [0.717, 1.165) is 9.80 Å². The molecule has 6 amide bonds. The summed E-state index contributed by atoms with van der Waals surface area (Å²) in [7, 11) is 1.40. The van der Waals surface area contributed by atoms with Crippen LogP contribution in [0.15, 0.2) is 0 Å². The molecule has 14 heteroatoms. The van der Waals surface area contributed by atoms with Crippen molar-refractivity contribution in [2.45, 2.75) is 20.3 Å². The van der Waals surface area contributed by atoms with Crippen molar-refractivity contribution in [1.29, 1.82) is 0 Å².